The number of halogens is 3. The molecule has 0 unspecified atom stereocenters. The summed E-state index contributed by atoms with van der Waals surface area (Å²) in [6.45, 7) is 2.25. The molecule has 0 aliphatic carbocycles. The molecule has 0 amide bonds. The quantitative estimate of drug-likeness (QED) is 0.702. The zero-order valence-corrected chi connectivity index (χ0v) is 10.8. The maximum Gasteiger partial charge on any atom is 0.411 e. The van der Waals surface area contributed by atoms with Crippen LogP contribution in [0.4, 0.5) is 13.2 Å². The van der Waals surface area contributed by atoms with Crippen molar-refractivity contribution in [3.05, 3.63) is 11.8 Å². The highest BCUT2D eigenvalue weighted by Gasteiger charge is 2.27. The predicted molar refractivity (Wildman–Crippen MR) is 61.5 cm³/mol. The highest BCUT2D eigenvalue weighted by atomic mass is 19.4. The highest BCUT2D eigenvalue weighted by Crippen LogP contribution is 2.15. The van der Waals surface area contributed by atoms with Gasteiger partial charge in [-0.15, -0.1) is 10.2 Å². The molecule has 0 saturated heterocycles. The Morgan fingerprint density at radius 3 is 2.63 bits per heavy atom. The van der Waals surface area contributed by atoms with E-state index in [-0.39, 0.29) is 12.5 Å². The Hall–Kier alpha value is -1.15. The van der Waals surface area contributed by atoms with Crippen molar-refractivity contribution in [2.24, 2.45) is 0 Å². The van der Waals surface area contributed by atoms with Gasteiger partial charge in [0.15, 0.2) is 0 Å². The van der Waals surface area contributed by atoms with Gasteiger partial charge in [-0.25, -0.2) is 0 Å². The van der Waals surface area contributed by atoms with Gasteiger partial charge in [0.25, 0.3) is 0 Å². The topological polar surface area (TPSA) is 60.2 Å². The van der Waals surface area contributed by atoms with Crippen LogP contribution in [0.25, 0.3) is 0 Å². The van der Waals surface area contributed by atoms with E-state index in [4.69, 9.17) is 4.42 Å². The van der Waals surface area contributed by atoms with Crippen molar-refractivity contribution in [1.82, 2.24) is 15.5 Å². The maximum absolute atomic E-state index is 11.8. The number of nitrogens with zero attached hydrogens (tertiary/aromatic N) is 2. The molecule has 0 aromatic carbocycles. The molecular formula is C11H18F3N3O2. The van der Waals surface area contributed by atoms with Crippen LogP contribution in [0, 0.1) is 0 Å². The number of hydrogen-bond acceptors (Lipinski definition) is 5. The molecule has 1 aromatic rings. The van der Waals surface area contributed by atoms with Gasteiger partial charge >= 0.3 is 6.18 Å². The summed E-state index contributed by atoms with van der Waals surface area (Å²) in [5.41, 5.74) is 0. The molecule has 0 spiro atoms. The Labute approximate surface area is 109 Å². The number of ether oxygens (including phenoxy) is 1. The lowest BCUT2D eigenvalue weighted by Gasteiger charge is -2.04. The van der Waals surface area contributed by atoms with Crippen LogP contribution in [0.5, 0.6) is 0 Å². The van der Waals surface area contributed by atoms with E-state index in [1.807, 2.05) is 0 Å². The highest BCUT2D eigenvalue weighted by molar-refractivity contribution is 4.80. The standard InChI is InChI=1S/C11H18F3N3O2/c1-2-5-15-6-3-4-9-16-17-10(19-9)7-18-8-11(12,13)14/h15H,2-8H2,1H3. The molecule has 0 fully saturated rings. The Bertz CT molecular complexity index is 355. The van der Waals surface area contributed by atoms with Crippen LogP contribution in [0.1, 0.15) is 31.5 Å². The smallest absolute Gasteiger partial charge is 0.411 e. The summed E-state index contributed by atoms with van der Waals surface area (Å²) >= 11 is 0. The molecule has 0 aliphatic heterocycles. The molecular weight excluding hydrogens is 263 g/mol. The van der Waals surface area contributed by atoms with Gasteiger partial charge in [0, 0.05) is 6.42 Å². The lowest BCUT2D eigenvalue weighted by molar-refractivity contribution is -0.177. The van der Waals surface area contributed by atoms with Crippen molar-refractivity contribution in [1.29, 1.82) is 0 Å². The van der Waals surface area contributed by atoms with Crippen LogP contribution in [-0.4, -0.2) is 36.1 Å². The summed E-state index contributed by atoms with van der Waals surface area (Å²) in [6, 6.07) is 0. The minimum atomic E-state index is -4.34. The van der Waals surface area contributed by atoms with E-state index in [2.05, 4.69) is 27.2 Å². The second kappa shape index (κ2) is 8.11. The van der Waals surface area contributed by atoms with Crippen molar-refractivity contribution < 1.29 is 22.3 Å². The first kappa shape index (κ1) is 15.9. The monoisotopic (exact) mass is 281 g/mol. The molecule has 0 aliphatic rings. The number of hydrogen-bond donors (Lipinski definition) is 1. The summed E-state index contributed by atoms with van der Waals surface area (Å²) in [6.07, 6.45) is -1.83. The molecule has 5 nitrogen and oxygen atoms in total. The van der Waals surface area contributed by atoms with E-state index in [1.54, 1.807) is 0 Å². The van der Waals surface area contributed by atoms with Crippen LogP contribution >= 0.6 is 0 Å². The van der Waals surface area contributed by atoms with E-state index in [1.165, 1.54) is 0 Å². The molecule has 1 N–H and O–H groups in total. The fraction of sp³-hybridized carbons (Fsp3) is 0.818. The van der Waals surface area contributed by atoms with Crippen LogP contribution in [0.2, 0.25) is 0 Å². The Morgan fingerprint density at radius 1 is 1.21 bits per heavy atom. The predicted octanol–water partition coefficient (Wildman–Crippen LogP) is 2.08. The Morgan fingerprint density at radius 2 is 1.95 bits per heavy atom. The van der Waals surface area contributed by atoms with Crippen LogP contribution in [0.3, 0.4) is 0 Å². The second-order valence-electron chi connectivity index (χ2n) is 4.05. The molecule has 1 rings (SSSR count). The van der Waals surface area contributed by atoms with Gasteiger partial charge in [-0.3, -0.25) is 0 Å². The SMILES string of the molecule is CCCNCCCc1nnc(COCC(F)(F)F)o1. The average Bonchev–Trinajstić information content (AvgIpc) is 2.75. The summed E-state index contributed by atoms with van der Waals surface area (Å²) < 4.78 is 45.1. The van der Waals surface area contributed by atoms with Gasteiger partial charge < -0.3 is 14.5 Å². The van der Waals surface area contributed by atoms with Gasteiger partial charge in [0.2, 0.25) is 11.8 Å². The first-order valence-electron chi connectivity index (χ1n) is 6.17. The molecule has 19 heavy (non-hydrogen) atoms. The molecule has 1 heterocycles. The summed E-state index contributed by atoms with van der Waals surface area (Å²) in [5, 5.41) is 10.6. The third kappa shape index (κ3) is 7.78. The zero-order chi connectivity index (χ0) is 14.1. The number of alkyl halides is 3. The van der Waals surface area contributed by atoms with Gasteiger partial charge in [0.1, 0.15) is 13.2 Å². The van der Waals surface area contributed by atoms with E-state index >= 15 is 0 Å². The van der Waals surface area contributed by atoms with E-state index in [0.29, 0.717) is 12.3 Å². The lowest BCUT2D eigenvalue weighted by atomic mass is 10.3. The van der Waals surface area contributed by atoms with Crippen LogP contribution < -0.4 is 5.32 Å². The van der Waals surface area contributed by atoms with Gasteiger partial charge in [-0.05, 0) is 25.9 Å². The summed E-state index contributed by atoms with van der Waals surface area (Å²) in [5.74, 6) is 0.490. The minimum absolute atomic E-state index is 0.0702. The zero-order valence-electron chi connectivity index (χ0n) is 10.8. The number of aromatic nitrogens is 2. The third-order valence-corrected chi connectivity index (χ3v) is 2.17. The van der Waals surface area contributed by atoms with Crippen molar-refractivity contribution in [2.45, 2.75) is 39.0 Å². The molecule has 0 radical (unpaired) electrons. The average molecular weight is 281 g/mol. The van der Waals surface area contributed by atoms with E-state index in [9.17, 15) is 13.2 Å². The third-order valence-electron chi connectivity index (χ3n) is 2.17. The van der Waals surface area contributed by atoms with Crippen LogP contribution in [0.15, 0.2) is 4.42 Å². The van der Waals surface area contributed by atoms with Gasteiger partial charge in [0.05, 0.1) is 0 Å². The largest absolute Gasteiger partial charge is 0.423 e. The number of nitrogens with one attached hydrogen (secondary N) is 1. The lowest BCUT2D eigenvalue weighted by Crippen LogP contribution is -2.16. The van der Waals surface area contributed by atoms with Crippen LogP contribution in [-0.2, 0) is 17.8 Å². The molecule has 110 valence electrons. The number of rotatable bonds is 9. The Balaban J connectivity index is 2.17. The van der Waals surface area contributed by atoms with E-state index < -0.39 is 12.8 Å². The summed E-state index contributed by atoms with van der Waals surface area (Å²) in [4.78, 5) is 0. The van der Waals surface area contributed by atoms with Crippen molar-refractivity contribution in [3.8, 4) is 0 Å². The van der Waals surface area contributed by atoms with Crippen molar-refractivity contribution in [2.75, 3.05) is 19.7 Å². The molecule has 0 saturated carbocycles. The Kier molecular flexibility index (Phi) is 6.79. The normalized spacial score (nSPS) is 12.0. The van der Waals surface area contributed by atoms with Crippen molar-refractivity contribution in [3.63, 3.8) is 0 Å². The first-order chi connectivity index (χ1) is 9.01. The van der Waals surface area contributed by atoms with Gasteiger partial charge in [-0.2, -0.15) is 13.2 Å². The number of aryl methyl sites for hydroxylation is 1. The molecule has 1 aromatic heterocycles. The minimum Gasteiger partial charge on any atom is -0.423 e. The summed E-state index contributed by atoms with van der Waals surface area (Å²) in [7, 11) is 0. The molecule has 0 atom stereocenters. The fourth-order valence-electron chi connectivity index (χ4n) is 1.37. The first-order valence-corrected chi connectivity index (χ1v) is 6.17. The van der Waals surface area contributed by atoms with E-state index in [0.717, 1.165) is 25.9 Å². The maximum atomic E-state index is 11.8. The molecule has 8 heteroatoms. The second-order valence-corrected chi connectivity index (χ2v) is 4.05. The fourth-order valence-corrected chi connectivity index (χ4v) is 1.37. The van der Waals surface area contributed by atoms with Crippen molar-refractivity contribution >= 4 is 0 Å². The van der Waals surface area contributed by atoms with Gasteiger partial charge in [-0.1, -0.05) is 6.92 Å². The molecule has 0 bridgehead atoms.